The molecule has 0 aliphatic carbocycles. The monoisotopic (exact) mass is 417 g/mol. The Labute approximate surface area is 167 Å². The first kappa shape index (κ1) is 22.6. The van der Waals surface area contributed by atoms with Gasteiger partial charge in [0, 0.05) is 37.9 Å². The maximum absolute atomic E-state index is 12.5. The number of carbonyl (C=O) groups excluding carboxylic acids is 2. The summed E-state index contributed by atoms with van der Waals surface area (Å²) in [4.78, 5) is 27.8. The number of hydrogen-bond acceptors (Lipinski definition) is 5. The van der Waals surface area contributed by atoms with Crippen LogP contribution in [0.15, 0.2) is 24.3 Å². The average Bonchev–Trinajstić information content (AvgIpc) is 2.58. The molecule has 162 valence electrons. The first-order valence-electron chi connectivity index (χ1n) is 9.23. The van der Waals surface area contributed by atoms with Gasteiger partial charge in [-0.15, -0.1) is 13.2 Å². The van der Waals surface area contributed by atoms with E-state index in [1.807, 2.05) is 4.90 Å². The highest BCUT2D eigenvalue weighted by molar-refractivity contribution is 5.85. The van der Waals surface area contributed by atoms with Crippen LogP contribution in [0.1, 0.15) is 27.7 Å². The molecule has 0 radical (unpaired) electrons. The highest BCUT2D eigenvalue weighted by Gasteiger charge is 2.32. The number of halogens is 3. The van der Waals surface area contributed by atoms with Gasteiger partial charge in [-0.25, -0.2) is 4.79 Å². The smallest absolute Gasteiger partial charge is 0.444 e. The Morgan fingerprint density at radius 1 is 1.10 bits per heavy atom. The summed E-state index contributed by atoms with van der Waals surface area (Å²) in [6.45, 7) is 8.41. The Morgan fingerprint density at radius 2 is 1.72 bits per heavy atom. The molecule has 7 nitrogen and oxygen atoms in total. The SMILES string of the molecule is C[C@H](NC(=O)OC(C)(C)C)C(=O)N1CCN(c2cccc(OC(F)(F)F)c2)CC1. The summed E-state index contributed by atoms with van der Waals surface area (Å²) in [5.74, 6) is -0.534. The summed E-state index contributed by atoms with van der Waals surface area (Å²) in [6.07, 6.45) is -5.42. The molecule has 1 fully saturated rings. The zero-order valence-corrected chi connectivity index (χ0v) is 16.9. The molecule has 0 saturated carbocycles. The lowest BCUT2D eigenvalue weighted by Crippen LogP contribution is -2.54. The minimum Gasteiger partial charge on any atom is -0.444 e. The normalized spacial score (nSPS) is 16.2. The highest BCUT2D eigenvalue weighted by Crippen LogP contribution is 2.27. The number of benzene rings is 1. The second kappa shape index (κ2) is 8.79. The third kappa shape index (κ3) is 7.35. The van der Waals surface area contributed by atoms with Crippen LogP contribution in [0.2, 0.25) is 0 Å². The molecule has 0 aromatic heterocycles. The molecule has 2 rings (SSSR count). The highest BCUT2D eigenvalue weighted by atomic mass is 19.4. The van der Waals surface area contributed by atoms with Gasteiger partial charge in [0.15, 0.2) is 0 Å². The van der Waals surface area contributed by atoms with Gasteiger partial charge in [0.25, 0.3) is 0 Å². The Morgan fingerprint density at radius 3 is 2.28 bits per heavy atom. The van der Waals surface area contributed by atoms with Crippen LogP contribution < -0.4 is 15.0 Å². The Kier molecular flexibility index (Phi) is 6.86. The molecule has 1 aliphatic rings. The summed E-state index contributed by atoms with van der Waals surface area (Å²) < 4.78 is 46.3. The fourth-order valence-corrected chi connectivity index (χ4v) is 2.88. The topological polar surface area (TPSA) is 71.1 Å². The van der Waals surface area contributed by atoms with E-state index in [0.29, 0.717) is 31.9 Å². The van der Waals surface area contributed by atoms with E-state index in [1.54, 1.807) is 38.7 Å². The number of anilines is 1. The molecular weight excluding hydrogens is 391 g/mol. The van der Waals surface area contributed by atoms with Crippen molar-refractivity contribution in [3.05, 3.63) is 24.3 Å². The van der Waals surface area contributed by atoms with Gasteiger partial charge in [0.1, 0.15) is 17.4 Å². The van der Waals surface area contributed by atoms with Crippen molar-refractivity contribution >= 4 is 17.7 Å². The van der Waals surface area contributed by atoms with E-state index >= 15 is 0 Å². The first-order chi connectivity index (χ1) is 13.3. The van der Waals surface area contributed by atoms with Crippen molar-refractivity contribution in [2.45, 2.75) is 45.7 Å². The summed E-state index contributed by atoms with van der Waals surface area (Å²) >= 11 is 0. The van der Waals surface area contributed by atoms with Crippen molar-refractivity contribution in [1.29, 1.82) is 0 Å². The van der Waals surface area contributed by atoms with E-state index in [4.69, 9.17) is 4.74 Å². The quantitative estimate of drug-likeness (QED) is 0.815. The lowest BCUT2D eigenvalue weighted by Gasteiger charge is -2.37. The lowest BCUT2D eigenvalue weighted by atomic mass is 10.2. The van der Waals surface area contributed by atoms with E-state index in [0.717, 1.165) is 0 Å². The Balaban J connectivity index is 1.89. The number of nitrogens with one attached hydrogen (secondary N) is 1. The Bertz CT molecular complexity index is 726. The van der Waals surface area contributed by atoms with Crippen LogP contribution in [-0.4, -0.2) is 61.1 Å². The molecule has 10 heteroatoms. The number of amides is 2. The first-order valence-corrected chi connectivity index (χ1v) is 9.23. The number of nitrogens with zero attached hydrogens (tertiary/aromatic N) is 2. The molecular formula is C19H26F3N3O4. The predicted octanol–water partition coefficient (Wildman–Crippen LogP) is 3.15. The predicted molar refractivity (Wildman–Crippen MR) is 101 cm³/mol. The molecule has 1 heterocycles. The summed E-state index contributed by atoms with van der Waals surface area (Å²) in [7, 11) is 0. The standard InChI is InChI=1S/C19H26F3N3O4/c1-13(23-17(27)29-18(2,3)4)16(26)25-10-8-24(9-11-25)14-6-5-7-15(12-14)28-19(20,21)22/h5-7,12-13H,8-11H2,1-4H3,(H,23,27)/t13-/m0/s1. The van der Waals surface area contributed by atoms with E-state index in [-0.39, 0.29) is 11.7 Å². The van der Waals surface area contributed by atoms with Gasteiger partial charge in [0.05, 0.1) is 0 Å². The van der Waals surface area contributed by atoms with Crippen molar-refractivity contribution in [1.82, 2.24) is 10.2 Å². The van der Waals surface area contributed by atoms with Crippen LogP contribution in [0.5, 0.6) is 5.75 Å². The molecule has 29 heavy (non-hydrogen) atoms. The number of alkyl halides is 3. The molecule has 0 bridgehead atoms. The van der Waals surface area contributed by atoms with Crippen LogP contribution in [0, 0.1) is 0 Å². The van der Waals surface area contributed by atoms with E-state index in [2.05, 4.69) is 10.1 Å². The van der Waals surface area contributed by atoms with E-state index in [1.165, 1.54) is 18.2 Å². The van der Waals surface area contributed by atoms with Crippen molar-refractivity contribution < 1.29 is 32.2 Å². The Hall–Kier alpha value is -2.65. The fraction of sp³-hybridized carbons (Fsp3) is 0.579. The summed E-state index contributed by atoms with van der Waals surface area (Å²) in [6, 6.07) is 4.98. The van der Waals surface area contributed by atoms with Gasteiger partial charge in [-0.1, -0.05) is 6.07 Å². The van der Waals surface area contributed by atoms with Gasteiger partial charge in [-0.2, -0.15) is 0 Å². The zero-order valence-electron chi connectivity index (χ0n) is 16.9. The molecule has 0 spiro atoms. The van der Waals surface area contributed by atoms with Crippen molar-refractivity contribution in [3.8, 4) is 5.75 Å². The van der Waals surface area contributed by atoms with Gasteiger partial charge < -0.3 is 24.6 Å². The number of rotatable bonds is 4. The van der Waals surface area contributed by atoms with Gasteiger partial charge in [-0.05, 0) is 39.8 Å². The lowest BCUT2D eigenvalue weighted by molar-refractivity contribution is -0.274. The number of piperazine rings is 1. The zero-order chi connectivity index (χ0) is 21.8. The molecule has 0 unspecified atom stereocenters. The second-order valence-electron chi connectivity index (χ2n) is 7.73. The van der Waals surface area contributed by atoms with Crippen LogP contribution in [0.4, 0.5) is 23.7 Å². The third-order valence-corrected chi connectivity index (χ3v) is 4.11. The number of carbonyl (C=O) groups is 2. The van der Waals surface area contributed by atoms with Crippen molar-refractivity contribution in [3.63, 3.8) is 0 Å². The average molecular weight is 417 g/mol. The van der Waals surface area contributed by atoms with Crippen molar-refractivity contribution in [2.75, 3.05) is 31.1 Å². The third-order valence-electron chi connectivity index (χ3n) is 4.11. The minimum absolute atomic E-state index is 0.246. The van der Waals surface area contributed by atoms with Gasteiger partial charge in [0.2, 0.25) is 5.91 Å². The number of ether oxygens (including phenoxy) is 2. The molecule has 1 atom stereocenters. The molecule has 1 aromatic rings. The van der Waals surface area contributed by atoms with Gasteiger partial charge >= 0.3 is 12.5 Å². The largest absolute Gasteiger partial charge is 0.573 e. The molecule has 2 amide bonds. The maximum atomic E-state index is 12.5. The maximum Gasteiger partial charge on any atom is 0.573 e. The fourth-order valence-electron chi connectivity index (χ4n) is 2.88. The second-order valence-corrected chi connectivity index (χ2v) is 7.73. The molecule has 1 saturated heterocycles. The van der Waals surface area contributed by atoms with Gasteiger partial charge in [-0.3, -0.25) is 4.79 Å². The van der Waals surface area contributed by atoms with E-state index in [9.17, 15) is 22.8 Å². The summed E-state index contributed by atoms with van der Waals surface area (Å²) in [5.41, 5.74) is -0.0816. The minimum atomic E-state index is -4.75. The summed E-state index contributed by atoms with van der Waals surface area (Å²) in [5, 5.41) is 2.52. The van der Waals surface area contributed by atoms with Crippen LogP contribution in [-0.2, 0) is 9.53 Å². The van der Waals surface area contributed by atoms with Crippen LogP contribution in [0.25, 0.3) is 0 Å². The van der Waals surface area contributed by atoms with E-state index < -0.39 is 24.1 Å². The van der Waals surface area contributed by atoms with Crippen molar-refractivity contribution in [2.24, 2.45) is 0 Å². The van der Waals surface area contributed by atoms with Crippen LogP contribution >= 0.6 is 0 Å². The van der Waals surface area contributed by atoms with Crippen LogP contribution in [0.3, 0.4) is 0 Å². The molecule has 1 N–H and O–H groups in total. The number of alkyl carbamates (subject to hydrolysis) is 1. The number of hydrogen-bond donors (Lipinski definition) is 1. The molecule has 1 aliphatic heterocycles. The molecule has 1 aromatic carbocycles.